The Bertz CT molecular complexity index is 341. The summed E-state index contributed by atoms with van der Waals surface area (Å²) in [5, 5.41) is 2.11. The SMILES string of the molecule is CCC(C=O)(CC)CN(Cc1cccs1)C(C)C. The predicted octanol–water partition coefficient (Wildman–Crippen LogP) is 3.96. The Morgan fingerprint density at radius 3 is 2.44 bits per heavy atom. The number of hydrogen-bond donors (Lipinski definition) is 0. The molecule has 0 aliphatic carbocycles. The molecule has 0 unspecified atom stereocenters. The molecule has 1 aromatic rings. The zero-order valence-corrected chi connectivity index (χ0v) is 12.8. The second-order valence-electron chi connectivity index (χ2n) is 5.27. The van der Waals surface area contributed by atoms with E-state index in [-0.39, 0.29) is 5.41 Å². The van der Waals surface area contributed by atoms with E-state index >= 15 is 0 Å². The second-order valence-corrected chi connectivity index (χ2v) is 6.30. The monoisotopic (exact) mass is 267 g/mol. The second kappa shape index (κ2) is 7.05. The minimum absolute atomic E-state index is 0.179. The molecule has 1 rings (SSSR count). The van der Waals surface area contributed by atoms with Crippen molar-refractivity contribution >= 4 is 17.6 Å². The standard InChI is InChI=1S/C15H25NOS/c1-5-15(6-2,12-17)11-16(13(3)4)10-14-8-7-9-18-14/h7-9,12-13H,5-6,10-11H2,1-4H3. The lowest BCUT2D eigenvalue weighted by Crippen LogP contribution is -2.41. The van der Waals surface area contributed by atoms with Gasteiger partial charge in [-0.25, -0.2) is 0 Å². The van der Waals surface area contributed by atoms with Crippen molar-refractivity contribution in [1.29, 1.82) is 0 Å². The average molecular weight is 267 g/mol. The van der Waals surface area contributed by atoms with E-state index in [2.05, 4.69) is 50.1 Å². The van der Waals surface area contributed by atoms with Crippen molar-refractivity contribution in [2.24, 2.45) is 5.41 Å². The van der Waals surface area contributed by atoms with Crippen molar-refractivity contribution in [3.8, 4) is 0 Å². The van der Waals surface area contributed by atoms with Crippen LogP contribution in [0.3, 0.4) is 0 Å². The zero-order valence-electron chi connectivity index (χ0n) is 12.0. The molecule has 0 bridgehead atoms. The van der Waals surface area contributed by atoms with Gasteiger partial charge in [-0.05, 0) is 38.1 Å². The number of carbonyl (C=O) groups is 1. The molecule has 0 saturated carbocycles. The molecule has 0 aliphatic heterocycles. The maximum absolute atomic E-state index is 11.4. The minimum Gasteiger partial charge on any atom is -0.303 e. The van der Waals surface area contributed by atoms with E-state index in [4.69, 9.17) is 0 Å². The van der Waals surface area contributed by atoms with E-state index in [1.165, 1.54) is 4.88 Å². The Morgan fingerprint density at radius 1 is 1.39 bits per heavy atom. The smallest absolute Gasteiger partial charge is 0.127 e. The van der Waals surface area contributed by atoms with Crippen molar-refractivity contribution in [3.05, 3.63) is 22.4 Å². The van der Waals surface area contributed by atoms with Crippen molar-refractivity contribution in [1.82, 2.24) is 4.90 Å². The van der Waals surface area contributed by atoms with Crippen LogP contribution in [0.25, 0.3) is 0 Å². The van der Waals surface area contributed by atoms with Gasteiger partial charge in [0.15, 0.2) is 0 Å². The van der Waals surface area contributed by atoms with Crippen molar-refractivity contribution < 1.29 is 4.79 Å². The Morgan fingerprint density at radius 2 is 2.06 bits per heavy atom. The third-order valence-electron chi connectivity index (χ3n) is 3.85. The molecule has 102 valence electrons. The van der Waals surface area contributed by atoms with Crippen LogP contribution >= 0.6 is 11.3 Å². The molecule has 1 heterocycles. The van der Waals surface area contributed by atoms with Gasteiger partial charge in [-0.2, -0.15) is 0 Å². The molecule has 0 fully saturated rings. The summed E-state index contributed by atoms with van der Waals surface area (Å²) in [6, 6.07) is 4.72. The first-order valence-corrected chi connectivity index (χ1v) is 7.67. The molecule has 3 heteroatoms. The van der Waals surface area contributed by atoms with E-state index in [9.17, 15) is 4.79 Å². The fourth-order valence-corrected chi connectivity index (χ4v) is 2.84. The molecule has 18 heavy (non-hydrogen) atoms. The van der Waals surface area contributed by atoms with E-state index in [1.54, 1.807) is 11.3 Å². The van der Waals surface area contributed by atoms with Gasteiger partial charge >= 0.3 is 0 Å². The number of hydrogen-bond acceptors (Lipinski definition) is 3. The molecule has 0 aromatic carbocycles. The minimum atomic E-state index is -0.179. The summed E-state index contributed by atoms with van der Waals surface area (Å²) in [4.78, 5) is 15.2. The highest BCUT2D eigenvalue weighted by Crippen LogP contribution is 2.27. The van der Waals surface area contributed by atoms with Crippen LogP contribution in [0.15, 0.2) is 17.5 Å². The first-order chi connectivity index (χ1) is 8.56. The number of carbonyl (C=O) groups excluding carboxylic acids is 1. The van der Waals surface area contributed by atoms with Crippen molar-refractivity contribution in [2.45, 2.75) is 53.1 Å². The van der Waals surface area contributed by atoms with Gasteiger partial charge in [0.1, 0.15) is 6.29 Å². The summed E-state index contributed by atoms with van der Waals surface area (Å²) in [5.41, 5.74) is -0.179. The van der Waals surface area contributed by atoms with Crippen molar-refractivity contribution in [3.63, 3.8) is 0 Å². The molecular weight excluding hydrogens is 242 g/mol. The van der Waals surface area contributed by atoms with Gasteiger partial charge in [-0.15, -0.1) is 11.3 Å². The van der Waals surface area contributed by atoms with Crippen LogP contribution in [0.5, 0.6) is 0 Å². The quantitative estimate of drug-likeness (QED) is 0.664. The number of nitrogens with zero attached hydrogens (tertiary/aromatic N) is 1. The summed E-state index contributed by atoms with van der Waals surface area (Å²) >= 11 is 1.79. The van der Waals surface area contributed by atoms with Crippen LogP contribution in [-0.4, -0.2) is 23.8 Å². The van der Waals surface area contributed by atoms with Crippen LogP contribution in [-0.2, 0) is 11.3 Å². The normalized spacial score (nSPS) is 12.3. The number of aldehydes is 1. The topological polar surface area (TPSA) is 20.3 Å². The summed E-state index contributed by atoms with van der Waals surface area (Å²) in [7, 11) is 0. The molecule has 0 radical (unpaired) electrons. The maximum Gasteiger partial charge on any atom is 0.127 e. The first-order valence-electron chi connectivity index (χ1n) is 6.79. The average Bonchev–Trinajstić information content (AvgIpc) is 2.87. The van der Waals surface area contributed by atoms with E-state index in [0.717, 1.165) is 32.2 Å². The maximum atomic E-state index is 11.4. The molecule has 0 spiro atoms. The lowest BCUT2D eigenvalue weighted by atomic mass is 9.83. The van der Waals surface area contributed by atoms with Gasteiger partial charge in [0, 0.05) is 29.4 Å². The molecule has 0 atom stereocenters. The van der Waals surface area contributed by atoms with Crippen LogP contribution in [0.1, 0.15) is 45.4 Å². The zero-order chi connectivity index (χ0) is 13.6. The van der Waals surface area contributed by atoms with E-state index in [1.807, 2.05) is 0 Å². The number of rotatable bonds is 8. The Labute approximate surface area is 115 Å². The van der Waals surface area contributed by atoms with Gasteiger partial charge in [0.25, 0.3) is 0 Å². The molecule has 1 aromatic heterocycles. The lowest BCUT2D eigenvalue weighted by Gasteiger charge is -2.35. The molecular formula is C15H25NOS. The predicted molar refractivity (Wildman–Crippen MR) is 78.9 cm³/mol. The molecule has 2 nitrogen and oxygen atoms in total. The summed E-state index contributed by atoms with van der Waals surface area (Å²) in [6.07, 6.45) is 3.00. The number of thiophene rings is 1. The largest absolute Gasteiger partial charge is 0.303 e. The first kappa shape index (κ1) is 15.4. The Kier molecular flexibility index (Phi) is 6.03. The highest BCUT2D eigenvalue weighted by molar-refractivity contribution is 7.09. The van der Waals surface area contributed by atoms with Gasteiger partial charge in [-0.3, -0.25) is 4.90 Å². The van der Waals surface area contributed by atoms with E-state index < -0.39 is 0 Å². The Balaban J connectivity index is 2.76. The van der Waals surface area contributed by atoms with Gasteiger partial charge in [-0.1, -0.05) is 19.9 Å². The van der Waals surface area contributed by atoms with Gasteiger partial charge in [0.05, 0.1) is 0 Å². The highest BCUT2D eigenvalue weighted by Gasteiger charge is 2.29. The molecule has 0 saturated heterocycles. The van der Waals surface area contributed by atoms with Crippen LogP contribution < -0.4 is 0 Å². The third kappa shape index (κ3) is 3.92. The highest BCUT2D eigenvalue weighted by atomic mass is 32.1. The fourth-order valence-electron chi connectivity index (χ4n) is 2.11. The Hall–Kier alpha value is -0.670. The van der Waals surface area contributed by atoms with E-state index in [0.29, 0.717) is 6.04 Å². The summed E-state index contributed by atoms with van der Waals surface area (Å²) in [5.74, 6) is 0. The fraction of sp³-hybridized carbons (Fsp3) is 0.667. The van der Waals surface area contributed by atoms with Gasteiger partial charge in [0.2, 0.25) is 0 Å². The van der Waals surface area contributed by atoms with Crippen LogP contribution in [0, 0.1) is 5.41 Å². The lowest BCUT2D eigenvalue weighted by molar-refractivity contribution is -0.118. The molecule has 0 amide bonds. The van der Waals surface area contributed by atoms with Crippen LogP contribution in [0.2, 0.25) is 0 Å². The molecule has 0 aliphatic rings. The van der Waals surface area contributed by atoms with Gasteiger partial charge < -0.3 is 4.79 Å². The summed E-state index contributed by atoms with van der Waals surface area (Å²) in [6.45, 7) is 10.4. The molecule has 0 N–H and O–H groups in total. The summed E-state index contributed by atoms with van der Waals surface area (Å²) < 4.78 is 0. The van der Waals surface area contributed by atoms with Crippen LogP contribution in [0.4, 0.5) is 0 Å². The van der Waals surface area contributed by atoms with Crippen molar-refractivity contribution in [2.75, 3.05) is 6.54 Å². The third-order valence-corrected chi connectivity index (χ3v) is 4.71.